The first-order chi connectivity index (χ1) is 8.72. The molecule has 2 aromatic rings. The Morgan fingerprint density at radius 1 is 1.39 bits per heavy atom. The van der Waals surface area contributed by atoms with Gasteiger partial charge in [0, 0.05) is 6.54 Å². The fourth-order valence-electron chi connectivity index (χ4n) is 1.77. The summed E-state index contributed by atoms with van der Waals surface area (Å²) in [4.78, 5) is 1.48. The molecule has 0 saturated heterocycles. The van der Waals surface area contributed by atoms with Crippen LogP contribution in [0.5, 0.6) is 11.5 Å². The van der Waals surface area contributed by atoms with E-state index in [9.17, 15) is 0 Å². The van der Waals surface area contributed by atoms with E-state index in [2.05, 4.69) is 5.27 Å². The fraction of sp³-hybridized carbons (Fsp3) is 0.273. The number of benzene rings is 1. The molecule has 1 aliphatic rings. The molecule has 7 heteroatoms. The molecule has 0 bridgehead atoms. The van der Waals surface area contributed by atoms with E-state index in [1.807, 2.05) is 30.3 Å². The first-order valence-electron chi connectivity index (χ1n) is 5.42. The van der Waals surface area contributed by atoms with E-state index in [4.69, 9.17) is 19.4 Å². The van der Waals surface area contributed by atoms with Gasteiger partial charge in [-0.3, -0.25) is 10.4 Å². The Morgan fingerprint density at radius 2 is 2.22 bits per heavy atom. The molecule has 1 aromatic heterocycles. The summed E-state index contributed by atoms with van der Waals surface area (Å²) in [5.41, 5.74) is 1.08. The van der Waals surface area contributed by atoms with Crippen molar-refractivity contribution in [2.75, 3.05) is 18.8 Å². The molecule has 1 N–H and O–H groups in total. The molecule has 7 nitrogen and oxygen atoms in total. The van der Waals surface area contributed by atoms with E-state index in [1.165, 1.54) is 11.0 Å². The van der Waals surface area contributed by atoms with Crippen molar-refractivity contribution < 1.29 is 18.8 Å². The van der Waals surface area contributed by atoms with Gasteiger partial charge in [-0.25, -0.2) is 0 Å². The molecule has 94 valence electrons. The van der Waals surface area contributed by atoms with Crippen LogP contribution < -0.4 is 30.1 Å². The molecule has 0 unspecified atom stereocenters. The lowest BCUT2D eigenvalue weighted by atomic mass is 10.2. The van der Waals surface area contributed by atoms with E-state index in [-0.39, 0.29) is 12.3 Å². The lowest BCUT2D eigenvalue weighted by Gasteiger charge is -2.16. The van der Waals surface area contributed by atoms with Crippen molar-refractivity contribution >= 4 is 0 Å². The number of aromatic nitrogens is 2. The Hall–Kier alpha value is -2.44. The van der Waals surface area contributed by atoms with E-state index in [0.717, 1.165) is 17.1 Å². The molecule has 0 aliphatic carbocycles. The second kappa shape index (κ2) is 4.10. The molecular weight excluding hydrogens is 236 g/mol. The minimum atomic E-state index is 0.0209. The standard InChI is InChI=1S/C11H12N4O3/c1-14(15-6-11(12)18-13-15)5-8-2-3-9-10(4-8)17-7-16-9/h2-4,6,12H,5,7H2,1H3. The summed E-state index contributed by atoms with van der Waals surface area (Å²) in [6.45, 7) is 0.891. The SMILES string of the molecule is CN(Cc1ccc2c(c1)OCO2)[n+]1cc(=N)o[n-]1. The third kappa shape index (κ3) is 1.90. The predicted octanol–water partition coefficient (Wildman–Crippen LogP) is -0.500. The van der Waals surface area contributed by atoms with Crippen molar-refractivity contribution in [3.8, 4) is 11.5 Å². The van der Waals surface area contributed by atoms with Gasteiger partial charge in [-0.05, 0) is 30.0 Å². The Labute approximate surface area is 103 Å². The number of hydrogen-bond acceptors (Lipinski definition) is 5. The van der Waals surface area contributed by atoms with E-state index in [0.29, 0.717) is 6.54 Å². The maximum Gasteiger partial charge on any atom is 0.286 e. The normalized spacial score (nSPS) is 12.7. The molecule has 0 saturated carbocycles. The maximum atomic E-state index is 7.28. The smallest absolute Gasteiger partial charge is 0.286 e. The van der Waals surface area contributed by atoms with Gasteiger partial charge in [0.25, 0.3) is 11.8 Å². The van der Waals surface area contributed by atoms with Crippen molar-refractivity contribution in [1.29, 1.82) is 5.41 Å². The molecule has 0 amide bonds. The highest BCUT2D eigenvalue weighted by Crippen LogP contribution is 2.32. The minimum absolute atomic E-state index is 0.0209. The summed E-state index contributed by atoms with van der Waals surface area (Å²) in [7, 11) is 1.85. The summed E-state index contributed by atoms with van der Waals surface area (Å²) in [6, 6.07) is 5.78. The van der Waals surface area contributed by atoms with Crippen LogP contribution in [0.2, 0.25) is 0 Å². The van der Waals surface area contributed by atoms with Crippen LogP contribution in [0.15, 0.2) is 28.9 Å². The van der Waals surface area contributed by atoms with Gasteiger partial charge in [0.05, 0.1) is 0 Å². The molecule has 3 rings (SSSR count). The van der Waals surface area contributed by atoms with Crippen LogP contribution in [-0.2, 0) is 6.54 Å². The largest absolute Gasteiger partial charge is 0.454 e. The molecule has 1 aliphatic heterocycles. The summed E-state index contributed by atoms with van der Waals surface area (Å²) < 4.78 is 15.3. The lowest BCUT2D eigenvalue weighted by molar-refractivity contribution is -0.762. The summed E-state index contributed by atoms with van der Waals surface area (Å²) in [6.07, 6.45) is 1.49. The monoisotopic (exact) mass is 248 g/mol. The van der Waals surface area contributed by atoms with Gasteiger partial charge in [-0.2, -0.15) is 0 Å². The zero-order valence-corrected chi connectivity index (χ0v) is 9.79. The van der Waals surface area contributed by atoms with Gasteiger partial charge in [0.15, 0.2) is 11.5 Å². The number of fused-ring (bicyclic) bond motifs is 1. The average Bonchev–Trinajstić information content (AvgIpc) is 2.96. The molecule has 0 fully saturated rings. The molecule has 0 atom stereocenters. The van der Waals surface area contributed by atoms with Gasteiger partial charge in [-0.1, -0.05) is 10.9 Å². The van der Waals surface area contributed by atoms with Crippen LogP contribution in [-0.4, -0.2) is 13.8 Å². The molecular formula is C11H12N4O3. The highest BCUT2D eigenvalue weighted by molar-refractivity contribution is 5.44. The topological polar surface area (TPSA) is 76.7 Å². The molecule has 0 spiro atoms. The van der Waals surface area contributed by atoms with Crippen LogP contribution >= 0.6 is 0 Å². The first kappa shape index (κ1) is 10.7. The Kier molecular flexibility index (Phi) is 2.44. The van der Waals surface area contributed by atoms with Crippen molar-refractivity contribution in [2.24, 2.45) is 0 Å². The summed E-state index contributed by atoms with van der Waals surface area (Å²) >= 11 is 0. The number of rotatable bonds is 3. The molecule has 1 aromatic carbocycles. The van der Waals surface area contributed by atoms with Crippen molar-refractivity contribution in [2.45, 2.75) is 6.54 Å². The van der Waals surface area contributed by atoms with Crippen LogP contribution in [0.1, 0.15) is 5.56 Å². The highest BCUT2D eigenvalue weighted by Gasteiger charge is 2.14. The van der Waals surface area contributed by atoms with Gasteiger partial charge in [-0.15, -0.1) is 0 Å². The van der Waals surface area contributed by atoms with E-state index in [1.54, 1.807) is 0 Å². The third-order valence-electron chi connectivity index (χ3n) is 2.65. The molecule has 18 heavy (non-hydrogen) atoms. The Balaban J connectivity index is 1.78. The third-order valence-corrected chi connectivity index (χ3v) is 2.65. The van der Waals surface area contributed by atoms with Crippen molar-refractivity contribution in [1.82, 2.24) is 5.27 Å². The Morgan fingerprint density at radius 3 is 3.00 bits per heavy atom. The van der Waals surface area contributed by atoms with Gasteiger partial charge < -0.3 is 14.0 Å². The van der Waals surface area contributed by atoms with Crippen molar-refractivity contribution in [3.63, 3.8) is 0 Å². The second-order valence-corrected chi connectivity index (χ2v) is 3.99. The van der Waals surface area contributed by atoms with E-state index < -0.39 is 0 Å². The summed E-state index contributed by atoms with van der Waals surface area (Å²) in [5.74, 6) is 1.52. The zero-order chi connectivity index (χ0) is 12.5. The second-order valence-electron chi connectivity index (χ2n) is 3.99. The number of nitrogens with zero attached hydrogens (tertiary/aromatic N) is 3. The first-order valence-corrected chi connectivity index (χ1v) is 5.42. The number of nitrogens with one attached hydrogen (secondary N) is 1. The van der Waals surface area contributed by atoms with Gasteiger partial charge in [0.2, 0.25) is 6.79 Å². The fourth-order valence-corrected chi connectivity index (χ4v) is 1.77. The highest BCUT2D eigenvalue weighted by atomic mass is 16.7. The summed E-state index contributed by atoms with van der Waals surface area (Å²) in [5, 5.41) is 12.8. The van der Waals surface area contributed by atoms with Crippen LogP contribution in [0.4, 0.5) is 0 Å². The molecule has 0 radical (unpaired) electrons. The molecule has 2 heterocycles. The van der Waals surface area contributed by atoms with E-state index >= 15 is 0 Å². The van der Waals surface area contributed by atoms with Crippen LogP contribution in [0.25, 0.3) is 0 Å². The van der Waals surface area contributed by atoms with Gasteiger partial charge >= 0.3 is 0 Å². The predicted molar refractivity (Wildman–Crippen MR) is 58.5 cm³/mol. The quantitative estimate of drug-likeness (QED) is 0.741. The van der Waals surface area contributed by atoms with Crippen LogP contribution in [0, 0.1) is 5.41 Å². The van der Waals surface area contributed by atoms with Crippen LogP contribution in [0.3, 0.4) is 0 Å². The minimum Gasteiger partial charge on any atom is -0.454 e. The number of hydrogen-bond donors (Lipinski definition) is 1. The van der Waals surface area contributed by atoms with Gasteiger partial charge in [0.1, 0.15) is 0 Å². The lowest BCUT2D eigenvalue weighted by Crippen LogP contribution is -2.57. The average molecular weight is 248 g/mol. The zero-order valence-electron chi connectivity index (χ0n) is 9.79. The maximum absolute atomic E-state index is 7.28. The Bertz CT molecular complexity index is 619. The number of ether oxygens (including phenoxy) is 2. The van der Waals surface area contributed by atoms with Crippen molar-refractivity contribution in [3.05, 3.63) is 35.5 Å².